The predicted octanol–water partition coefficient (Wildman–Crippen LogP) is 3.54. The maximum Gasteiger partial charge on any atom is 0.223 e. The SMILES string of the molecule is Cc1ccc(CN2CCC(C(=O)NCCOc3ccc(F)cc3)CC2)cc1. The largest absolute Gasteiger partial charge is 0.492 e. The Morgan fingerprint density at radius 1 is 1.11 bits per heavy atom. The molecule has 1 saturated heterocycles. The van der Waals surface area contributed by atoms with Crippen molar-refractivity contribution in [3.63, 3.8) is 0 Å². The first-order chi connectivity index (χ1) is 13.1. The van der Waals surface area contributed by atoms with Gasteiger partial charge in [-0.25, -0.2) is 4.39 Å². The molecule has 0 spiro atoms. The first kappa shape index (κ1) is 19.4. The summed E-state index contributed by atoms with van der Waals surface area (Å²) < 4.78 is 18.3. The zero-order valence-electron chi connectivity index (χ0n) is 15.8. The Labute approximate surface area is 160 Å². The second kappa shape index (κ2) is 9.51. The van der Waals surface area contributed by atoms with E-state index in [1.165, 1.54) is 23.3 Å². The molecule has 0 unspecified atom stereocenters. The number of amides is 1. The van der Waals surface area contributed by atoms with E-state index < -0.39 is 0 Å². The molecule has 2 aromatic rings. The normalized spacial score (nSPS) is 15.5. The van der Waals surface area contributed by atoms with Crippen LogP contribution in [-0.2, 0) is 11.3 Å². The summed E-state index contributed by atoms with van der Waals surface area (Å²) in [6.07, 6.45) is 1.77. The van der Waals surface area contributed by atoms with Crippen LogP contribution in [0.5, 0.6) is 5.75 Å². The summed E-state index contributed by atoms with van der Waals surface area (Å²) in [5, 5.41) is 2.95. The van der Waals surface area contributed by atoms with Gasteiger partial charge in [-0.15, -0.1) is 0 Å². The van der Waals surface area contributed by atoms with Crippen molar-refractivity contribution in [2.24, 2.45) is 5.92 Å². The van der Waals surface area contributed by atoms with E-state index in [2.05, 4.69) is 41.4 Å². The molecule has 1 amide bonds. The quantitative estimate of drug-likeness (QED) is 0.758. The standard InChI is InChI=1S/C22H27FN2O2/c1-17-2-4-18(5-3-17)16-25-13-10-19(11-14-25)22(26)24-12-15-27-21-8-6-20(23)7-9-21/h2-9,19H,10-16H2,1H3,(H,24,26). The fraction of sp³-hybridized carbons (Fsp3) is 0.409. The summed E-state index contributed by atoms with van der Waals surface area (Å²) >= 11 is 0. The lowest BCUT2D eigenvalue weighted by Gasteiger charge is -2.31. The Bertz CT molecular complexity index is 723. The summed E-state index contributed by atoms with van der Waals surface area (Å²) in [7, 11) is 0. The molecule has 5 heteroatoms. The molecule has 2 aromatic carbocycles. The lowest BCUT2D eigenvalue weighted by atomic mass is 9.95. The van der Waals surface area contributed by atoms with Gasteiger partial charge >= 0.3 is 0 Å². The van der Waals surface area contributed by atoms with E-state index in [0.29, 0.717) is 18.9 Å². The molecular formula is C22H27FN2O2. The van der Waals surface area contributed by atoms with E-state index in [4.69, 9.17) is 4.74 Å². The number of carbonyl (C=O) groups is 1. The number of nitrogens with one attached hydrogen (secondary N) is 1. The van der Waals surface area contributed by atoms with Gasteiger partial charge in [0.1, 0.15) is 18.2 Å². The minimum atomic E-state index is -0.288. The van der Waals surface area contributed by atoms with E-state index in [0.717, 1.165) is 32.5 Å². The third-order valence-electron chi connectivity index (χ3n) is 4.97. The summed E-state index contributed by atoms with van der Waals surface area (Å²) in [6.45, 7) is 5.76. The topological polar surface area (TPSA) is 41.6 Å². The predicted molar refractivity (Wildman–Crippen MR) is 104 cm³/mol. The number of aryl methyl sites for hydroxylation is 1. The fourth-order valence-corrected chi connectivity index (χ4v) is 3.32. The van der Waals surface area contributed by atoms with E-state index in [1.807, 2.05) is 0 Å². The van der Waals surface area contributed by atoms with Gasteiger partial charge in [0.25, 0.3) is 0 Å². The number of rotatable bonds is 7. The highest BCUT2D eigenvalue weighted by Crippen LogP contribution is 2.19. The second-order valence-corrected chi connectivity index (χ2v) is 7.13. The Hall–Kier alpha value is -2.40. The lowest BCUT2D eigenvalue weighted by molar-refractivity contribution is -0.126. The average Bonchev–Trinajstić information content (AvgIpc) is 2.69. The average molecular weight is 370 g/mol. The molecule has 1 fully saturated rings. The number of likely N-dealkylation sites (tertiary alicyclic amines) is 1. The summed E-state index contributed by atoms with van der Waals surface area (Å²) in [5.74, 6) is 0.497. The van der Waals surface area contributed by atoms with Crippen molar-refractivity contribution in [3.8, 4) is 5.75 Å². The van der Waals surface area contributed by atoms with Gasteiger partial charge in [-0.1, -0.05) is 29.8 Å². The molecule has 0 saturated carbocycles. The number of nitrogens with zero attached hydrogens (tertiary/aromatic N) is 1. The van der Waals surface area contributed by atoms with E-state index in [9.17, 15) is 9.18 Å². The molecule has 0 aromatic heterocycles. The van der Waals surface area contributed by atoms with Crippen molar-refractivity contribution in [2.75, 3.05) is 26.2 Å². The first-order valence-corrected chi connectivity index (χ1v) is 9.54. The Morgan fingerprint density at radius 2 is 1.78 bits per heavy atom. The van der Waals surface area contributed by atoms with Crippen LogP contribution in [0, 0.1) is 18.7 Å². The van der Waals surface area contributed by atoms with Crippen molar-refractivity contribution in [1.29, 1.82) is 0 Å². The van der Waals surface area contributed by atoms with Crippen LogP contribution in [-0.4, -0.2) is 37.0 Å². The fourth-order valence-electron chi connectivity index (χ4n) is 3.32. The van der Waals surface area contributed by atoms with Crippen molar-refractivity contribution in [1.82, 2.24) is 10.2 Å². The van der Waals surface area contributed by atoms with Crippen LogP contribution in [0.2, 0.25) is 0 Å². The highest BCUT2D eigenvalue weighted by molar-refractivity contribution is 5.78. The molecule has 27 heavy (non-hydrogen) atoms. The Kier molecular flexibility index (Phi) is 6.82. The Morgan fingerprint density at radius 3 is 2.44 bits per heavy atom. The van der Waals surface area contributed by atoms with Crippen LogP contribution in [0.25, 0.3) is 0 Å². The van der Waals surface area contributed by atoms with Crippen molar-refractivity contribution < 1.29 is 13.9 Å². The van der Waals surface area contributed by atoms with Crippen molar-refractivity contribution in [2.45, 2.75) is 26.3 Å². The molecule has 0 aliphatic carbocycles. The number of benzene rings is 2. The van der Waals surface area contributed by atoms with E-state index in [1.54, 1.807) is 12.1 Å². The van der Waals surface area contributed by atoms with Gasteiger partial charge in [0.15, 0.2) is 0 Å². The third-order valence-corrected chi connectivity index (χ3v) is 4.97. The summed E-state index contributed by atoms with van der Waals surface area (Å²) in [6, 6.07) is 14.5. The van der Waals surface area contributed by atoms with Crippen LogP contribution in [0.3, 0.4) is 0 Å². The maximum atomic E-state index is 12.8. The van der Waals surface area contributed by atoms with E-state index >= 15 is 0 Å². The summed E-state index contributed by atoms with van der Waals surface area (Å²) in [4.78, 5) is 14.7. The number of carbonyl (C=O) groups excluding carboxylic acids is 1. The molecule has 1 aliphatic heterocycles. The number of halogens is 1. The number of piperidine rings is 1. The van der Waals surface area contributed by atoms with Crippen LogP contribution in [0.1, 0.15) is 24.0 Å². The van der Waals surface area contributed by atoms with Crippen LogP contribution < -0.4 is 10.1 Å². The zero-order chi connectivity index (χ0) is 19.1. The molecule has 144 valence electrons. The number of hydrogen-bond donors (Lipinski definition) is 1. The van der Waals surface area contributed by atoms with Gasteiger partial charge in [-0.2, -0.15) is 0 Å². The number of ether oxygens (including phenoxy) is 1. The lowest BCUT2D eigenvalue weighted by Crippen LogP contribution is -2.41. The first-order valence-electron chi connectivity index (χ1n) is 9.54. The van der Waals surface area contributed by atoms with Gasteiger partial charge in [0, 0.05) is 12.5 Å². The van der Waals surface area contributed by atoms with Gasteiger partial charge in [0.05, 0.1) is 6.54 Å². The zero-order valence-corrected chi connectivity index (χ0v) is 15.8. The molecule has 0 atom stereocenters. The molecule has 4 nitrogen and oxygen atoms in total. The van der Waals surface area contributed by atoms with Crippen LogP contribution in [0.15, 0.2) is 48.5 Å². The highest BCUT2D eigenvalue weighted by Gasteiger charge is 2.24. The molecule has 1 N–H and O–H groups in total. The molecule has 1 heterocycles. The van der Waals surface area contributed by atoms with Crippen LogP contribution in [0.4, 0.5) is 4.39 Å². The highest BCUT2D eigenvalue weighted by atomic mass is 19.1. The Balaban J connectivity index is 1.33. The van der Waals surface area contributed by atoms with Crippen molar-refractivity contribution >= 4 is 5.91 Å². The van der Waals surface area contributed by atoms with Crippen molar-refractivity contribution in [3.05, 3.63) is 65.5 Å². The number of hydrogen-bond acceptors (Lipinski definition) is 3. The minimum Gasteiger partial charge on any atom is -0.492 e. The molecule has 0 radical (unpaired) electrons. The molecule has 1 aliphatic rings. The molecule has 3 rings (SSSR count). The second-order valence-electron chi connectivity index (χ2n) is 7.13. The molecular weight excluding hydrogens is 343 g/mol. The van der Waals surface area contributed by atoms with Gasteiger partial charge in [0.2, 0.25) is 5.91 Å². The molecule has 0 bridgehead atoms. The smallest absolute Gasteiger partial charge is 0.223 e. The van der Waals surface area contributed by atoms with E-state index in [-0.39, 0.29) is 17.6 Å². The third kappa shape index (κ3) is 6.07. The van der Waals surface area contributed by atoms with Gasteiger partial charge in [-0.05, 0) is 62.7 Å². The van der Waals surface area contributed by atoms with Gasteiger partial charge in [-0.3, -0.25) is 9.69 Å². The maximum absolute atomic E-state index is 12.8. The van der Waals surface area contributed by atoms with Crippen LogP contribution >= 0.6 is 0 Å². The van der Waals surface area contributed by atoms with Gasteiger partial charge < -0.3 is 10.1 Å². The summed E-state index contributed by atoms with van der Waals surface area (Å²) in [5.41, 5.74) is 2.60. The minimum absolute atomic E-state index is 0.0742. The monoisotopic (exact) mass is 370 g/mol.